The van der Waals surface area contributed by atoms with Crippen LogP contribution in [0, 0.1) is 0 Å². The van der Waals surface area contributed by atoms with E-state index in [0.29, 0.717) is 0 Å². The van der Waals surface area contributed by atoms with Gasteiger partial charge in [-0.15, -0.1) is 0 Å². The highest BCUT2D eigenvalue weighted by atomic mass is 28.4. The minimum Gasteiger partial charge on any atom is -0.436 e. The van der Waals surface area contributed by atoms with Crippen molar-refractivity contribution in [3.8, 4) is 0 Å². The lowest BCUT2D eigenvalue weighted by Crippen LogP contribution is -2.53. The summed E-state index contributed by atoms with van der Waals surface area (Å²) in [5.41, 5.74) is 0. The van der Waals surface area contributed by atoms with Crippen LogP contribution in [0.5, 0.6) is 0 Å². The Labute approximate surface area is 111 Å². The van der Waals surface area contributed by atoms with Gasteiger partial charge < -0.3 is 29.0 Å². The molecule has 6 nitrogen and oxygen atoms in total. The van der Waals surface area contributed by atoms with E-state index in [0.717, 1.165) is 0 Å². The molecule has 0 bridgehead atoms. The number of rotatable bonds is 9. The largest absolute Gasteiger partial charge is 0.436 e. The van der Waals surface area contributed by atoms with Gasteiger partial charge in [0.2, 0.25) is 0 Å². The van der Waals surface area contributed by atoms with E-state index in [1.54, 1.807) is 0 Å². The quantitative estimate of drug-likeness (QED) is 0.434. The minimum atomic E-state index is -2.83. The molecule has 0 spiro atoms. The Bertz CT molecular complexity index is 221. The van der Waals surface area contributed by atoms with Gasteiger partial charge in [-0.1, -0.05) is 0 Å². The summed E-state index contributed by atoms with van der Waals surface area (Å²) in [5.74, 6) is 0. The van der Waals surface area contributed by atoms with E-state index in [4.69, 9.17) is 18.8 Å². The first kappa shape index (κ1) is 18.2. The fourth-order valence-electron chi connectivity index (χ4n) is 1.78. The highest BCUT2D eigenvalue weighted by Gasteiger charge is 2.43. The Morgan fingerprint density at radius 3 is 1.56 bits per heavy atom. The van der Waals surface area contributed by atoms with Crippen LogP contribution in [0.1, 0.15) is 0 Å². The third-order valence-corrected chi connectivity index (χ3v) is 9.25. The summed E-state index contributed by atoms with van der Waals surface area (Å²) in [6, 6.07) is 0.364. The molecule has 2 atom stereocenters. The first-order valence-corrected chi connectivity index (χ1v) is 11.6. The average molecular weight is 298 g/mol. The highest BCUT2D eigenvalue weighted by molar-refractivity contribution is 6.82. The summed E-state index contributed by atoms with van der Waals surface area (Å²) < 4.78 is 11.5. The van der Waals surface area contributed by atoms with Crippen molar-refractivity contribution in [2.75, 3.05) is 20.3 Å². The van der Waals surface area contributed by atoms with Crippen LogP contribution in [-0.2, 0) is 8.54 Å². The Hall–Kier alpha value is 0.194. The molecular formula is C10H26O6Si2. The first-order valence-electron chi connectivity index (χ1n) is 6.01. The SMILES string of the molecule is CO[Si](CC(O)CO)(CC(O)CO)O[Si](C)(C)C. The van der Waals surface area contributed by atoms with Crippen LogP contribution in [0.2, 0.25) is 31.7 Å². The zero-order valence-corrected chi connectivity index (χ0v) is 13.6. The van der Waals surface area contributed by atoms with Gasteiger partial charge in [-0.2, -0.15) is 0 Å². The second-order valence-electron chi connectivity index (χ2n) is 5.41. The molecule has 18 heavy (non-hydrogen) atoms. The van der Waals surface area contributed by atoms with Gasteiger partial charge in [0.1, 0.15) is 0 Å². The van der Waals surface area contributed by atoms with Crippen molar-refractivity contribution in [2.24, 2.45) is 0 Å². The van der Waals surface area contributed by atoms with Gasteiger partial charge in [0, 0.05) is 19.2 Å². The summed E-state index contributed by atoms with van der Waals surface area (Å²) in [6.07, 6.45) is -1.86. The normalized spacial score (nSPS) is 19.3. The predicted molar refractivity (Wildman–Crippen MR) is 73.0 cm³/mol. The number of hydrogen-bond acceptors (Lipinski definition) is 6. The van der Waals surface area contributed by atoms with Crippen LogP contribution < -0.4 is 0 Å². The molecule has 0 aliphatic carbocycles. The molecule has 0 heterocycles. The highest BCUT2D eigenvalue weighted by Crippen LogP contribution is 2.26. The Morgan fingerprint density at radius 1 is 0.944 bits per heavy atom. The molecule has 0 aromatic rings. The topological polar surface area (TPSA) is 99.4 Å². The Morgan fingerprint density at radius 2 is 1.33 bits per heavy atom. The average Bonchev–Trinajstić information content (AvgIpc) is 2.26. The van der Waals surface area contributed by atoms with E-state index in [-0.39, 0.29) is 25.3 Å². The molecule has 4 N–H and O–H groups in total. The van der Waals surface area contributed by atoms with Crippen LogP contribution in [0.25, 0.3) is 0 Å². The van der Waals surface area contributed by atoms with Gasteiger partial charge in [-0.25, -0.2) is 0 Å². The van der Waals surface area contributed by atoms with E-state index in [9.17, 15) is 10.2 Å². The molecule has 0 rings (SSSR count). The number of aliphatic hydroxyl groups excluding tert-OH is 4. The van der Waals surface area contributed by atoms with E-state index >= 15 is 0 Å². The third kappa shape index (κ3) is 6.95. The molecule has 0 aliphatic heterocycles. The lowest BCUT2D eigenvalue weighted by atomic mass is 10.4. The van der Waals surface area contributed by atoms with Crippen LogP contribution >= 0.6 is 0 Å². The van der Waals surface area contributed by atoms with E-state index < -0.39 is 29.1 Å². The standard InChI is InChI=1S/C10H26O6Si2/c1-15-18(7-9(13)5-11,8-10(14)6-12)16-17(2,3)4/h9-14H,5-8H2,1-4H3. The second kappa shape index (κ2) is 7.70. The molecule has 0 fully saturated rings. The van der Waals surface area contributed by atoms with Crippen LogP contribution in [0.3, 0.4) is 0 Å². The fourth-order valence-corrected chi connectivity index (χ4v) is 9.44. The third-order valence-electron chi connectivity index (χ3n) is 2.38. The van der Waals surface area contributed by atoms with Gasteiger partial charge in [-0.3, -0.25) is 0 Å². The molecule has 2 unspecified atom stereocenters. The molecule has 0 aliphatic rings. The zero-order chi connectivity index (χ0) is 14.4. The molecule has 0 amide bonds. The van der Waals surface area contributed by atoms with Crippen molar-refractivity contribution < 1.29 is 29.0 Å². The van der Waals surface area contributed by atoms with Gasteiger partial charge in [-0.05, 0) is 19.6 Å². The molecule has 0 aromatic heterocycles. The van der Waals surface area contributed by atoms with E-state index in [1.165, 1.54) is 7.11 Å². The minimum absolute atomic E-state index is 0.182. The van der Waals surface area contributed by atoms with Gasteiger partial charge >= 0.3 is 8.56 Å². The van der Waals surface area contributed by atoms with Crippen LogP contribution in [0.4, 0.5) is 0 Å². The van der Waals surface area contributed by atoms with Crippen LogP contribution in [0.15, 0.2) is 0 Å². The smallest absolute Gasteiger partial charge is 0.333 e. The molecule has 110 valence electrons. The predicted octanol–water partition coefficient (Wildman–Crippen LogP) is -0.367. The van der Waals surface area contributed by atoms with Crippen molar-refractivity contribution >= 4 is 16.9 Å². The summed E-state index contributed by atoms with van der Waals surface area (Å²) in [5, 5.41) is 37.1. The molecule has 0 aromatic carbocycles. The molecule has 8 heteroatoms. The van der Waals surface area contributed by atoms with Crippen molar-refractivity contribution in [3.63, 3.8) is 0 Å². The van der Waals surface area contributed by atoms with Gasteiger partial charge in [0.25, 0.3) is 0 Å². The lowest BCUT2D eigenvalue weighted by molar-refractivity contribution is 0.0863. The van der Waals surface area contributed by atoms with Crippen molar-refractivity contribution in [2.45, 2.75) is 43.9 Å². The van der Waals surface area contributed by atoms with Gasteiger partial charge in [0.15, 0.2) is 8.32 Å². The van der Waals surface area contributed by atoms with Crippen molar-refractivity contribution in [1.82, 2.24) is 0 Å². The van der Waals surface area contributed by atoms with Crippen molar-refractivity contribution in [3.05, 3.63) is 0 Å². The van der Waals surface area contributed by atoms with Crippen LogP contribution in [-0.4, -0.2) is 69.8 Å². The Kier molecular flexibility index (Phi) is 7.79. The maximum Gasteiger partial charge on any atom is 0.333 e. The molecule has 0 saturated carbocycles. The maximum atomic E-state index is 9.60. The van der Waals surface area contributed by atoms with Gasteiger partial charge in [0.05, 0.1) is 25.4 Å². The number of aliphatic hydroxyl groups is 4. The summed E-state index contributed by atoms with van der Waals surface area (Å²) in [4.78, 5) is 0. The summed E-state index contributed by atoms with van der Waals surface area (Å²) in [7, 11) is -3.27. The lowest BCUT2D eigenvalue weighted by Gasteiger charge is -2.37. The zero-order valence-electron chi connectivity index (χ0n) is 11.6. The van der Waals surface area contributed by atoms with Crippen molar-refractivity contribution in [1.29, 1.82) is 0 Å². The fraction of sp³-hybridized carbons (Fsp3) is 1.00. The monoisotopic (exact) mass is 298 g/mol. The first-order chi connectivity index (χ1) is 8.18. The summed E-state index contributed by atoms with van der Waals surface area (Å²) in [6.45, 7) is 5.23. The van der Waals surface area contributed by atoms with E-state index in [1.807, 2.05) is 19.6 Å². The maximum absolute atomic E-state index is 9.60. The second-order valence-corrected chi connectivity index (χ2v) is 13.5. The molecular weight excluding hydrogens is 272 g/mol. The summed E-state index contributed by atoms with van der Waals surface area (Å²) >= 11 is 0. The van der Waals surface area contributed by atoms with E-state index in [2.05, 4.69) is 0 Å². The number of hydrogen-bond donors (Lipinski definition) is 4. The molecule has 0 saturated heterocycles. The molecule has 0 radical (unpaired) electrons. The Balaban J connectivity index is 4.93.